The van der Waals surface area contributed by atoms with E-state index in [1.807, 2.05) is 0 Å². The van der Waals surface area contributed by atoms with Crippen LogP contribution in [0.5, 0.6) is 0 Å². The predicted molar refractivity (Wildman–Crippen MR) is 42.4 cm³/mol. The maximum Gasteiger partial charge on any atom is 0.208 e. The van der Waals surface area contributed by atoms with Gasteiger partial charge < -0.3 is 0 Å². The molecule has 0 saturated carbocycles. The van der Waals surface area contributed by atoms with Crippen LogP contribution in [0, 0.1) is 0 Å². The molecule has 0 radical (unpaired) electrons. The standard InChI is InChI=1S/C6H14.CHClO/c1-3-5-6-4-2;2-1-3/h3-6H2,1-2H3;1H. The number of unbranched alkanes of at least 4 members (excludes halogenated alkanes) is 3. The number of hydrogen-bond acceptors (Lipinski definition) is 1. The van der Waals surface area contributed by atoms with Crippen LogP contribution in [-0.2, 0) is 4.79 Å². The third-order valence-corrected chi connectivity index (χ3v) is 0.957. The van der Waals surface area contributed by atoms with Crippen molar-refractivity contribution in [2.45, 2.75) is 39.5 Å². The van der Waals surface area contributed by atoms with Gasteiger partial charge in [-0.05, 0) is 11.6 Å². The van der Waals surface area contributed by atoms with E-state index < -0.39 is 0 Å². The zero-order chi connectivity index (χ0) is 7.54. The molecule has 0 aliphatic carbocycles. The first-order valence-corrected chi connectivity index (χ1v) is 3.80. The molecular weight excluding hydrogens is 136 g/mol. The molecule has 2 heteroatoms. The van der Waals surface area contributed by atoms with Gasteiger partial charge >= 0.3 is 0 Å². The third kappa shape index (κ3) is 32.3. The van der Waals surface area contributed by atoms with E-state index in [0.29, 0.717) is 0 Å². The molecule has 0 N–H and O–H groups in total. The summed E-state index contributed by atoms with van der Waals surface area (Å²) in [5.41, 5.74) is 0. The monoisotopic (exact) mass is 150 g/mol. The van der Waals surface area contributed by atoms with Gasteiger partial charge in [0.25, 0.3) is 0 Å². The summed E-state index contributed by atoms with van der Waals surface area (Å²) in [5.74, 6) is 0.222. The second-order valence-electron chi connectivity index (χ2n) is 1.80. The summed E-state index contributed by atoms with van der Waals surface area (Å²) in [4.78, 5) is 8.57. The van der Waals surface area contributed by atoms with Crippen molar-refractivity contribution < 1.29 is 4.79 Å². The largest absolute Gasteiger partial charge is 0.285 e. The highest BCUT2D eigenvalue weighted by Crippen LogP contribution is 1.95. The fraction of sp³-hybridized carbons (Fsp3) is 0.857. The van der Waals surface area contributed by atoms with Gasteiger partial charge in [-0.25, -0.2) is 0 Å². The van der Waals surface area contributed by atoms with Gasteiger partial charge in [0.15, 0.2) is 0 Å². The Morgan fingerprint density at radius 1 is 1.22 bits per heavy atom. The van der Waals surface area contributed by atoms with Crippen molar-refractivity contribution in [3.63, 3.8) is 0 Å². The van der Waals surface area contributed by atoms with Crippen LogP contribution >= 0.6 is 11.6 Å². The molecule has 0 aliphatic heterocycles. The first-order chi connectivity index (χ1) is 4.33. The second kappa shape index (κ2) is 15.7. The number of hydrogen-bond donors (Lipinski definition) is 0. The summed E-state index contributed by atoms with van der Waals surface area (Å²) in [7, 11) is 0. The lowest BCUT2D eigenvalue weighted by Gasteiger charge is -1.86. The van der Waals surface area contributed by atoms with Gasteiger partial charge in [-0.1, -0.05) is 39.5 Å². The highest BCUT2D eigenvalue weighted by atomic mass is 35.5. The molecule has 0 atom stereocenters. The molecule has 0 heterocycles. The lowest BCUT2D eigenvalue weighted by atomic mass is 10.2. The average Bonchev–Trinajstić information content (AvgIpc) is 1.86. The molecule has 0 aromatic carbocycles. The van der Waals surface area contributed by atoms with Gasteiger partial charge in [-0.2, -0.15) is 0 Å². The number of halogens is 1. The Kier molecular flexibility index (Phi) is 20.4. The highest BCUT2D eigenvalue weighted by Gasteiger charge is 1.75. The van der Waals surface area contributed by atoms with E-state index in [1.54, 1.807) is 0 Å². The normalized spacial score (nSPS) is 7.44. The minimum Gasteiger partial charge on any atom is -0.285 e. The zero-order valence-corrected chi connectivity index (χ0v) is 6.95. The Morgan fingerprint density at radius 2 is 1.44 bits per heavy atom. The summed E-state index contributed by atoms with van der Waals surface area (Å²) in [5, 5.41) is 0. The van der Waals surface area contributed by atoms with Crippen molar-refractivity contribution >= 4 is 17.3 Å². The van der Waals surface area contributed by atoms with Crippen LogP contribution in [0.15, 0.2) is 0 Å². The van der Waals surface area contributed by atoms with Crippen molar-refractivity contribution in [1.82, 2.24) is 0 Å². The predicted octanol–water partition coefficient (Wildman–Crippen LogP) is 3.00. The van der Waals surface area contributed by atoms with E-state index >= 15 is 0 Å². The molecule has 0 aliphatic rings. The first kappa shape index (κ1) is 11.7. The number of carbonyl (C=O) groups is 1. The van der Waals surface area contributed by atoms with Crippen LogP contribution in [-0.4, -0.2) is 5.75 Å². The summed E-state index contributed by atoms with van der Waals surface area (Å²) < 4.78 is 0. The molecule has 0 saturated heterocycles. The molecule has 0 spiro atoms. The summed E-state index contributed by atoms with van der Waals surface area (Å²) in [6.45, 7) is 4.46. The van der Waals surface area contributed by atoms with Gasteiger partial charge in [0.05, 0.1) is 0 Å². The van der Waals surface area contributed by atoms with Crippen LogP contribution < -0.4 is 0 Å². The lowest BCUT2D eigenvalue weighted by Crippen LogP contribution is -1.66. The van der Waals surface area contributed by atoms with E-state index in [4.69, 9.17) is 4.79 Å². The number of carbonyl (C=O) groups excluding carboxylic acids is 1. The highest BCUT2D eigenvalue weighted by molar-refractivity contribution is 6.54. The molecule has 0 bridgehead atoms. The van der Waals surface area contributed by atoms with Gasteiger partial charge in [-0.3, -0.25) is 4.79 Å². The quantitative estimate of drug-likeness (QED) is 0.344. The van der Waals surface area contributed by atoms with Gasteiger partial charge in [0.2, 0.25) is 5.75 Å². The van der Waals surface area contributed by atoms with Gasteiger partial charge in [0, 0.05) is 0 Å². The van der Waals surface area contributed by atoms with Crippen molar-refractivity contribution in [2.24, 2.45) is 0 Å². The van der Waals surface area contributed by atoms with E-state index in [-0.39, 0.29) is 5.75 Å². The van der Waals surface area contributed by atoms with Crippen molar-refractivity contribution in [3.05, 3.63) is 0 Å². The smallest absolute Gasteiger partial charge is 0.208 e. The fourth-order valence-corrected chi connectivity index (χ4v) is 0.500. The van der Waals surface area contributed by atoms with Crippen molar-refractivity contribution in [3.8, 4) is 0 Å². The number of rotatable bonds is 3. The van der Waals surface area contributed by atoms with Crippen molar-refractivity contribution in [1.29, 1.82) is 0 Å². The van der Waals surface area contributed by atoms with Crippen LogP contribution in [0.2, 0.25) is 0 Å². The molecule has 0 unspecified atom stereocenters. The molecule has 0 aromatic rings. The van der Waals surface area contributed by atoms with Crippen LogP contribution in [0.25, 0.3) is 0 Å². The molecule has 9 heavy (non-hydrogen) atoms. The average molecular weight is 151 g/mol. The van der Waals surface area contributed by atoms with E-state index in [0.717, 1.165) is 0 Å². The topological polar surface area (TPSA) is 17.1 Å². The Morgan fingerprint density at radius 3 is 1.56 bits per heavy atom. The Labute approximate surface area is 62.4 Å². The summed E-state index contributed by atoms with van der Waals surface area (Å²) in [6.07, 6.45) is 5.54. The van der Waals surface area contributed by atoms with Gasteiger partial charge in [0.1, 0.15) is 0 Å². The lowest BCUT2D eigenvalue weighted by molar-refractivity contribution is 0.569. The molecule has 0 fully saturated rings. The maximum absolute atomic E-state index is 8.57. The van der Waals surface area contributed by atoms with Gasteiger partial charge in [-0.15, -0.1) is 0 Å². The van der Waals surface area contributed by atoms with Crippen LogP contribution in [0.1, 0.15) is 39.5 Å². The molecule has 0 amide bonds. The SMILES string of the molecule is CCCCCC.O=CCl. The van der Waals surface area contributed by atoms with E-state index in [9.17, 15) is 0 Å². The maximum atomic E-state index is 8.57. The van der Waals surface area contributed by atoms with Crippen LogP contribution in [0.3, 0.4) is 0 Å². The Balaban J connectivity index is 0. The zero-order valence-electron chi connectivity index (χ0n) is 6.19. The van der Waals surface area contributed by atoms with Crippen molar-refractivity contribution in [2.75, 3.05) is 0 Å². The minimum absolute atomic E-state index is 0.222. The Hall–Kier alpha value is -0.0400. The summed E-state index contributed by atoms with van der Waals surface area (Å²) in [6, 6.07) is 0. The van der Waals surface area contributed by atoms with Crippen LogP contribution in [0.4, 0.5) is 0 Å². The minimum atomic E-state index is 0.222. The molecule has 56 valence electrons. The summed E-state index contributed by atoms with van der Waals surface area (Å²) >= 11 is 4.32. The molecular formula is C7H15ClO. The first-order valence-electron chi connectivity index (χ1n) is 3.37. The van der Waals surface area contributed by atoms with E-state index in [1.165, 1.54) is 25.7 Å². The molecule has 1 nitrogen and oxygen atoms in total. The molecule has 0 aromatic heterocycles. The fourth-order valence-electron chi connectivity index (χ4n) is 0.500. The second-order valence-corrected chi connectivity index (χ2v) is 1.97. The molecule has 0 rings (SSSR count). The third-order valence-electron chi connectivity index (χ3n) is 0.957. The van der Waals surface area contributed by atoms with E-state index in [2.05, 4.69) is 25.4 Å². The Bertz CT molecular complexity index is 42.2.